The van der Waals surface area contributed by atoms with Gasteiger partial charge in [-0.15, -0.1) is 0 Å². The van der Waals surface area contributed by atoms with Crippen LogP contribution in [-0.4, -0.2) is 44.4 Å². The van der Waals surface area contributed by atoms with Crippen LogP contribution in [0.15, 0.2) is 6.20 Å². The second-order valence-corrected chi connectivity index (χ2v) is 4.97. The first-order chi connectivity index (χ1) is 9.52. The lowest BCUT2D eigenvalue weighted by atomic mass is 10.2. The molecule has 1 amide bonds. The van der Waals surface area contributed by atoms with Crippen LogP contribution < -0.4 is 5.73 Å². The minimum Gasteiger partial charge on any atom is -0.358 e. The van der Waals surface area contributed by atoms with Gasteiger partial charge in [0.1, 0.15) is 6.20 Å². The lowest BCUT2D eigenvalue weighted by Gasteiger charge is -2.23. The standard InChI is InChI=1S/C12H19N5O3/c1-9-14-11(17(19)20)8-15(9)6-4-12(18)16-5-2-3-10(16)7-13/h8,10H,2-7,13H2,1H3. The summed E-state index contributed by atoms with van der Waals surface area (Å²) in [5.74, 6) is 0.408. The number of amides is 1. The van der Waals surface area contributed by atoms with Gasteiger partial charge >= 0.3 is 5.82 Å². The van der Waals surface area contributed by atoms with E-state index in [9.17, 15) is 14.9 Å². The molecule has 1 unspecified atom stereocenters. The Kier molecular flexibility index (Phi) is 4.33. The topological polar surface area (TPSA) is 107 Å². The van der Waals surface area contributed by atoms with E-state index in [0.717, 1.165) is 19.4 Å². The Bertz CT molecular complexity index is 513. The van der Waals surface area contributed by atoms with Gasteiger partial charge < -0.3 is 25.3 Å². The smallest absolute Gasteiger partial charge is 0.358 e. The highest BCUT2D eigenvalue weighted by Crippen LogP contribution is 2.18. The van der Waals surface area contributed by atoms with Crippen LogP contribution in [0.4, 0.5) is 5.82 Å². The van der Waals surface area contributed by atoms with Gasteiger partial charge in [0.25, 0.3) is 0 Å². The number of nitrogens with zero attached hydrogens (tertiary/aromatic N) is 4. The largest absolute Gasteiger partial charge is 0.381 e. The molecule has 2 heterocycles. The third-order valence-corrected chi connectivity index (χ3v) is 3.69. The molecule has 2 rings (SSSR count). The quantitative estimate of drug-likeness (QED) is 0.622. The molecule has 0 radical (unpaired) electrons. The molecule has 1 aromatic rings. The summed E-state index contributed by atoms with van der Waals surface area (Å²) in [6.07, 6.45) is 3.62. The van der Waals surface area contributed by atoms with Gasteiger partial charge in [0, 0.05) is 39.0 Å². The molecule has 8 nitrogen and oxygen atoms in total. The molecule has 110 valence electrons. The summed E-state index contributed by atoms with van der Waals surface area (Å²) in [6, 6.07) is 0.140. The molecular formula is C12H19N5O3. The monoisotopic (exact) mass is 281 g/mol. The van der Waals surface area contributed by atoms with Crippen LogP contribution in [0.25, 0.3) is 0 Å². The first-order valence-electron chi connectivity index (χ1n) is 6.70. The molecule has 0 spiro atoms. The molecule has 0 bridgehead atoms. The normalized spacial score (nSPS) is 18.5. The Hall–Kier alpha value is -1.96. The third kappa shape index (κ3) is 2.96. The van der Waals surface area contributed by atoms with E-state index in [1.165, 1.54) is 6.20 Å². The van der Waals surface area contributed by atoms with Crippen molar-refractivity contribution in [2.75, 3.05) is 13.1 Å². The Morgan fingerprint density at radius 2 is 2.40 bits per heavy atom. The molecule has 1 aliphatic rings. The molecule has 1 atom stereocenters. The Balaban J connectivity index is 1.95. The number of nitro groups is 1. The number of aryl methyl sites for hydroxylation is 2. The van der Waals surface area contributed by atoms with Crippen molar-refractivity contribution in [3.05, 3.63) is 22.1 Å². The number of imidazole rings is 1. The van der Waals surface area contributed by atoms with Gasteiger partial charge in [0.05, 0.1) is 0 Å². The maximum Gasteiger partial charge on any atom is 0.381 e. The number of hydrogen-bond donors (Lipinski definition) is 1. The average Bonchev–Trinajstić information content (AvgIpc) is 3.02. The fourth-order valence-electron chi connectivity index (χ4n) is 2.57. The molecule has 0 aromatic carbocycles. The number of nitrogens with two attached hydrogens (primary N) is 1. The molecule has 0 saturated carbocycles. The van der Waals surface area contributed by atoms with E-state index in [1.54, 1.807) is 11.5 Å². The van der Waals surface area contributed by atoms with Crippen molar-refractivity contribution in [1.82, 2.24) is 14.5 Å². The highest BCUT2D eigenvalue weighted by Gasteiger charge is 2.27. The van der Waals surface area contributed by atoms with E-state index in [-0.39, 0.29) is 17.8 Å². The Morgan fingerprint density at radius 1 is 1.65 bits per heavy atom. The maximum absolute atomic E-state index is 12.1. The fraction of sp³-hybridized carbons (Fsp3) is 0.667. The molecular weight excluding hydrogens is 262 g/mol. The molecule has 8 heteroatoms. The predicted octanol–water partition coefficient (Wildman–Crippen LogP) is 0.440. The van der Waals surface area contributed by atoms with Crippen LogP contribution in [0.1, 0.15) is 25.1 Å². The van der Waals surface area contributed by atoms with E-state index < -0.39 is 4.92 Å². The molecule has 1 saturated heterocycles. The van der Waals surface area contributed by atoms with E-state index in [1.807, 2.05) is 4.90 Å². The molecule has 1 aromatic heterocycles. The molecule has 2 N–H and O–H groups in total. The summed E-state index contributed by atoms with van der Waals surface area (Å²) in [4.78, 5) is 27.9. The second kappa shape index (κ2) is 6.00. The molecule has 1 aliphatic heterocycles. The third-order valence-electron chi connectivity index (χ3n) is 3.69. The highest BCUT2D eigenvalue weighted by molar-refractivity contribution is 5.76. The van der Waals surface area contributed by atoms with Crippen LogP contribution in [0.2, 0.25) is 0 Å². The first kappa shape index (κ1) is 14.4. The number of carbonyl (C=O) groups is 1. The van der Waals surface area contributed by atoms with Crippen molar-refractivity contribution in [2.45, 2.75) is 38.8 Å². The van der Waals surface area contributed by atoms with Gasteiger partial charge in [-0.25, -0.2) is 0 Å². The van der Waals surface area contributed by atoms with Crippen molar-refractivity contribution in [3.63, 3.8) is 0 Å². The average molecular weight is 281 g/mol. The number of aromatic nitrogens is 2. The van der Waals surface area contributed by atoms with E-state index >= 15 is 0 Å². The summed E-state index contributed by atoms with van der Waals surface area (Å²) in [5, 5.41) is 10.6. The molecule has 1 fully saturated rings. The number of carbonyl (C=O) groups excluding carboxylic acids is 1. The Morgan fingerprint density at radius 3 is 3.00 bits per heavy atom. The van der Waals surface area contributed by atoms with Crippen LogP contribution in [0, 0.1) is 17.0 Å². The van der Waals surface area contributed by atoms with Crippen molar-refractivity contribution in [2.24, 2.45) is 5.73 Å². The lowest BCUT2D eigenvalue weighted by molar-refractivity contribution is -0.389. The fourth-order valence-corrected chi connectivity index (χ4v) is 2.57. The number of likely N-dealkylation sites (tertiary alicyclic amines) is 1. The Labute approximate surface area is 116 Å². The minimum atomic E-state index is -0.532. The van der Waals surface area contributed by atoms with Crippen LogP contribution in [0.3, 0.4) is 0 Å². The zero-order chi connectivity index (χ0) is 14.7. The zero-order valence-electron chi connectivity index (χ0n) is 11.5. The summed E-state index contributed by atoms with van der Waals surface area (Å²) >= 11 is 0. The van der Waals surface area contributed by atoms with E-state index in [2.05, 4.69) is 4.98 Å². The number of hydrogen-bond acceptors (Lipinski definition) is 5. The highest BCUT2D eigenvalue weighted by atomic mass is 16.6. The first-order valence-corrected chi connectivity index (χ1v) is 6.70. The van der Waals surface area contributed by atoms with Gasteiger partial charge in [-0.05, 0) is 22.7 Å². The molecule has 0 aliphatic carbocycles. The predicted molar refractivity (Wildman–Crippen MR) is 72.0 cm³/mol. The minimum absolute atomic E-state index is 0.0497. The lowest BCUT2D eigenvalue weighted by Crippen LogP contribution is -2.40. The van der Waals surface area contributed by atoms with Crippen molar-refractivity contribution >= 4 is 11.7 Å². The van der Waals surface area contributed by atoms with Gasteiger partial charge in [-0.3, -0.25) is 4.79 Å². The summed E-state index contributed by atoms with van der Waals surface area (Å²) in [6.45, 7) is 3.33. The second-order valence-electron chi connectivity index (χ2n) is 4.97. The maximum atomic E-state index is 12.1. The van der Waals surface area contributed by atoms with Crippen LogP contribution in [-0.2, 0) is 11.3 Å². The zero-order valence-corrected chi connectivity index (χ0v) is 11.5. The summed E-state index contributed by atoms with van der Waals surface area (Å²) < 4.78 is 1.64. The van der Waals surface area contributed by atoms with Crippen molar-refractivity contribution in [1.29, 1.82) is 0 Å². The van der Waals surface area contributed by atoms with E-state index in [0.29, 0.717) is 25.3 Å². The van der Waals surface area contributed by atoms with Gasteiger partial charge in [0.2, 0.25) is 11.7 Å². The van der Waals surface area contributed by atoms with Crippen LogP contribution >= 0.6 is 0 Å². The van der Waals surface area contributed by atoms with Gasteiger partial charge in [0.15, 0.2) is 0 Å². The van der Waals surface area contributed by atoms with Gasteiger partial charge in [-0.2, -0.15) is 0 Å². The van der Waals surface area contributed by atoms with Crippen molar-refractivity contribution < 1.29 is 9.72 Å². The van der Waals surface area contributed by atoms with Gasteiger partial charge in [-0.1, -0.05) is 0 Å². The van der Waals surface area contributed by atoms with E-state index in [4.69, 9.17) is 5.73 Å². The summed E-state index contributed by atoms with van der Waals surface area (Å²) in [7, 11) is 0. The number of rotatable bonds is 5. The molecule has 20 heavy (non-hydrogen) atoms. The summed E-state index contributed by atoms with van der Waals surface area (Å²) in [5.41, 5.74) is 5.65. The van der Waals surface area contributed by atoms with Crippen molar-refractivity contribution in [3.8, 4) is 0 Å². The SMILES string of the molecule is Cc1nc([N+](=O)[O-])cn1CCC(=O)N1CCCC1CN. The van der Waals surface area contributed by atoms with Crippen LogP contribution in [0.5, 0.6) is 0 Å².